The van der Waals surface area contributed by atoms with Crippen molar-refractivity contribution >= 4 is 24.6 Å². The zero-order valence-electron chi connectivity index (χ0n) is 14.4. The van der Waals surface area contributed by atoms with Gasteiger partial charge in [0.1, 0.15) is 17.3 Å². The third-order valence-electron chi connectivity index (χ3n) is 3.83. The van der Waals surface area contributed by atoms with Crippen molar-refractivity contribution < 1.29 is 5.11 Å². The third-order valence-corrected chi connectivity index (χ3v) is 5.90. The van der Waals surface area contributed by atoms with Crippen LogP contribution in [0.25, 0.3) is 11.3 Å². The maximum atomic E-state index is 10.6. The molecule has 0 aliphatic rings. The number of hydrogen-bond acceptors (Lipinski definition) is 3. The lowest BCUT2D eigenvalue weighted by atomic mass is 10.0. The molecule has 0 aliphatic carbocycles. The molecule has 0 aliphatic heterocycles. The second-order valence-electron chi connectivity index (χ2n) is 6.65. The van der Waals surface area contributed by atoms with E-state index in [2.05, 4.69) is 42.9 Å². The van der Waals surface area contributed by atoms with Crippen LogP contribution in [-0.2, 0) is 6.54 Å². The SMILES string of the molecule is CCn1nc(C)cc1C(O)=C(C#N)c1ccc([Si](C)(C)C)cc1. The zero-order chi connectivity index (χ0) is 17.2. The van der Waals surface area contributed by atoms with Crippen LogP contribution < -0.4 is 5.19 Å². The molecule has 2 rings (SSSR count). The van der Waals surface area contributed by atoms with Crippen LogP contribution in [0.2, 0.25) is 19.6 Å². The molecule has 0 bridgehead atoms. The van der Waals surface area contributed by atoms with Crippen LogP contribution >= 0.6 is 0 Å². The van der Waals surface area contributed by atoms with Gasteiger partial charge in [-0.3, -0.25) is 4.68 Å². The number of benzene rings is 1. The summed E-state index contributed by atoms with van der Waals surface area (Å²) in [4.78, 5) is 0. The smallest absolute Gasteiger partial charge is 0.159 e. The van der Waals surface area contributed by atoms with Gasteiger partial charge >= 0.3 is 0 Å². The molecule has 1 heterocycles. The molecule has 1 aromatic heterocycles. The second-order valence-corrected chi connectivity index (χ2v) is 11.7. The first-order valence-corrected chi connectivity index (χ1v) is 11.3. The van der Waals surface area contributed by atoms with Gasteiger partial charge in [0.2, 0.25) is 0 Å². The lowest BCUT2D eigenvalue weighted by molar-refractivity contribution is 0.497. The third kappa shape index (κ3) is 3.54. The summed E-state index contributed by atoms with van der Waals surface area (Å²) in [6, 6.07) is 11.9. The first-order valence-electron chi connectivity index (χ1n) is 7.77. The summed E-state index contributed by atoms with van der Waals surface area (Å²) < 4.78 is 1.71. The molecule has 23 heavy (non-hydrogen) atoms. The highest BCUT2D eigenvalue weighted by molar-refractivity contribution is 6.88. The van der Waals surface area contributed by atoms with Crippen LogP contribution in [0.15, 0.2) is 30.3 Å². The van der Waals surface area contributed by atoms with E-state index in [0.717, 1.165) is 11.3 Å². The Morgan fingerprint density at radius 3 is 2.35 bits per heavy atom. The monoisotopic (exact) mass is 325 g/mol. The first kappa shape index (κ1) is 17.0. The van der Waals surface area contributed by atoms with E-state index >= 15 is 0 Å². The first-order chi connectivity index (χ1) is 10.8. The Morgan fingerprint density at radius 1 is 1.26 bits per heavy atom. The average Bonchev–Trinajstić information content (AvgIpc) is 2.88. The molecular formula is C18H23N3OSi. The molecule has 0 saturated carbocycles. The Labute approximate surface area is 138 Å². The Bertz CT molecular complexity index is 774. The fourth-order valence-corrected chi connectivity index (χ4v) is 3.66. The normalized spacial score (nSPS) is 12.7. The lowest BCUT2D eigenvalue weighted by Crippen LogP contribution is -2.37. The molecular weight excluding hydrogens is 302 g/mol. The highest BCUT2D eigenvalue weighted by Gasteiger charge is 2.18. The summed E-state index contributed by atoms with van der Waals surface area (Å²) in [5.41, 5.74) is 2.41. The number of aromatic nitrogens is 2. The number of nitrogens with zero attached hydrogens (tertiary/aromatic N) is 3. The molecule has 0 radical (unpaired) electrons. The van der Waals surface area contributed by atoms with Crippen molar-refractivity contribution in [3.63, 3.8) is 0 Å². The van der Waals surface area contributed by atoms with Crippen molar-refractivity contribution in [2.75, 3.05) is 0 Å². The molecule has 0 unspecified atom stereocenters. The summed E-state index contributed by atoms with van der Waals surface area (Å²) in [5.74, 6) is -0.0179. The number of rotatable bonds is 4. The number of allylic oxidation sites excluding steroid dienone is 1. The van der Waals surface area contributed by atoms with Crippen molar-refractivity contribution in [1.82, 2.24) is 9.78 Å². The number of hydrogen-bond donors (Lipinski definition) is 1. The van der Waals surface area contributed by atoms with Gasteiger partial charge < -0.3 is 5.11 Å². The highest BCUT2D eigenvalue weighted by Crippen LogP contribution is 2.24. The average molecular weight is 325 g/mol. The van der Waals surface area contributed by atoms with Crippen LogP contribution in [0.4, 0.5) is 0 Å². The van der Waals surface area contributed by atoms with Gasteiger partial charge in [0.05, 0.1) is 13.8 Å². The lowest BCUT2D eigenvalue weighted by Gasteiger charge is -2.16. The van der Waals surface area contributed by atoms with Crippen molar-refractivity contribution in [2.45, 2.75) is 40.0 Å². The Balaban J connectivity index is 2.52. The van der Waals surface area contributed by atoms with Gasteiger partial charge in [-0.1, -0.05) is 49.1 Å². The summed E-state index contributed by atoms with van der Waals surface area (Å²) in [7, 11) is -1.38. The van der Waals surface area contributed by atoms with E-state index in [1.54, 1.807) is 10.7 Å². The van der Waals surface area contributed by atoms with E-state index < -0.39 is 8.07 Å². The number of nitriles is 1. The molecule has 0 amide bonds. The van der Waals surface area contributed by atoms with Gasteiger partial charge in [0, 0.05) is 6.54 Å². The van der Waals surface area contributed by atoms with Gasteiger partial charge in [0.25, 0.3) is 0 Å². The van der Waals surface area contributed by atoms with Crippen LogP contribution in [0.3, 0.4) is 0 Å². The molecule has 1 aromatic carbocycles. The molecule has 5 heteroatoms. The van der Waals surface area contributed by atoms with E-state index in [9.17, 15) is 10.4 Å². The Morgan fingerprint density at radius 2 is 1.87 bits per heavy atom. The molecule has 0 saturated heterocycles. The maximum absolute atomic E-state index is 10.6. The van der Waals surface area contributed by atoms with Gasteiger partial charge in [-0.05, 0) is 25.5 Å². The largest absolute Gasteiger partial charge is 0.504 e. The van der Waals surface area contributed by atoms with E-state index in [-0.39, 0.29) is 11.3 Å². The van der Waals surface area contributed by atoms with Crippen molar-refractivity contribution in [2.24, 2.45) is 0 Å². The van der Waals surface area contributed by atoms with Crippen LogP contribution in [0.5, 0.6) is 0 Å². The summed E-state index contributed by atoms with van der Waals surface area (Å²) in [6.45, 7) is 11.3. The van der Waals surface area contributed by atoms with E-state index in [0.29, 0.717) is 12.2 Å². The fourth-order valence-electron chi connectivity index (χ4n) is 2.50. The molecule has 0 fully saturated rings. The standard InChI is InChI=1S/C18H23N3OSi/c1-6-21-17(11-13(2)20-21)18(22)16(12-19)14-7-9-15(10-8-14)23(3,4)5/h7-11,22H,6H2,1-5H3. The maximum Gasteiger partial charge on any atom is 0.159 e. The molecule has 0 atom stereocenters. The number of aryl methyl sites for hydroxylation is 2. The van der Waals surface area contributed by atoms with Gasteiger partial charge in [-0.2, -0.15) is 10.4 Å². The number of aliphatic hydroxyl groups is 1. The van der Waals surface area contributed by atoms with E-state index in [1.165, 1.54) is 5.19 Å². The Hall–Kier alpha value is -2.32. The predicted octanol–water partition coefficient (Wildman–Crippen LogP) is 3.71. The Kier molecular flexibility index (Phi) is 4.76. The summed E-state index contributed by atoms with van der Waals surface area (Å²) in [5, 5.41) is 25.8. The highest BCUT2D eigenvalue weighted by atomic mass is 28.3. The van der Waals surface area contributed by atoms with E-state index in [1.807, 2.05) is 26.0 Å². The van der Waals surface area contributed by atoms with Crippen LogP contribution in [0.1, 0.15) is 23.9 Å². The minimum Gasteiger partial charge on any atom is -0.504 e. The quantitative estimate of drug-likeness (QED) is 0.529. The van der Waals surface area contributed by atoms with Crippen molar-refractivity contribution in [3.8, 4) is 6.07 Å². The zero-order valence-corrected chi connectivity index (χ0v) is 15.4. The minimum absolute atomic E-state index is 0.0179. The van der Waals surface area contributed by atoms with Gasteiger partial charge in [-0.15, -0.1) is 0 Å². The summed E-state index contributed by atoms with van der Waals surface area (Å²) in [6.07, 6.45) is 0. The van der Waals surface area contributed by atoms with Crippen LogP contribution in [0, 0.1) is 18.3 Å². The molecule has 4 nitrogen and oxygen atoms in total. The molecule has 0 spiro atoms. The molecule has 1 N–H and O–H groups in total. The van der Waals surface area contributed by atoms with Crippen LogP contribution in [-0.4, -0.2) is 23.0 Å². The van der Waals surface area contributed by atoms with Gasteiger partial charge in [0.15, 0.2) is 5.76 Å². The van der Waals surface area contributed by atoms with Crippen molar-refractivity contribution in [1.29, 1.82) is 5.26 Å². The summed E-state index contributed by atoms with van der Waals surface area (Å²) >= 11 is 0. The molecule has 2 aromatic rings. The predicted molar refractivity (Wildman–Crippen MR) is 97.1 cm³/mol. The minimum atomic E-state index is -1.38. The van der Waals surface area contributed by atoms with E-state index in [4.69, 9.17) is 0 Å². The number of aliphatic hydroxyl groups excluding tert-OH is 1. The molecule has 120 valence electrons. The topological polar surface area (TPSA) is 61.8 Å². The van der Waals surface area contributed by atoms with Crippen molar-refractivity contribution in [3.05, 3.63) is 47.3 Å². The fraction of sp³-hybridized carbons (Fsp3) is 0.333. The van der Waals surface area contributed by atoms with Gasteiger partial charge in [-0.25, -0.2) is 0 Å². The second kappa shape index (κ2) is 6.43.